The monoisotopic (exact) mass is 170 g/mol. The van der Waals surface area contributed by atoms with Gasteiger partial charge in [0.1, 0.15) is 0 Å². The van der Waals surface area contributed by atoms with E-state index in [9.17, 15) is 0 Å². The fourth-order valence-electron chi connectivity index (χ4n) is 2.00. The second kappa shape index (κ2) is 2.77. The Bertz CT molecular complexity index is 130. The van der Waals surface area contributed by atoms with Gasteiger partial charge in [0.05, 0.1) is 0 Å². The van der Waals surface area contributed by atoms with Crippen LogP contribution in [0.4, 0.5) is 0 Å². The quantitative estimate of drug-likeness (QED) is 0.419. The molecule has 1 rings (SSSR count). The molecule has 0 unspecified atom stereocenters. The average molecular weight is 170 g/mol. The van der Waals surface area contributed by atoms with E-state index in [0.29, 0.717) is 0 Å². The molecule has 0 aromatic rings. The summed E-state index contributed by atoms with van der Waals surface area (Å²) in [6.45, 7) is 5.21. The summed E-state index contributed by atoms with van der Waals surface area (Å²) in [6.07, 6.45) is 7.03. The van der Waals surface area contributed by atoms with Gasteiger partial charge in [0, 0.05) is 0 Å². The Morgan fingerprint density at radius 2 is 1.45 bits per heavy atom. The van der Waals surface area contributed by atoms with Crippen molar-refractivity contribution in [2.45, 2.75) is 37.8 Å². The van der Waals surface area contributed by atoms with Crippen molar-refractivity contribution >= 4 is 14.0 Å². The van der Waals surface area contributed by atoms with E-state index in [0.717, 1.165) is 5.66 Å². The van der Waals surface area contributed by atoms with E-state index in [1.165, 1.54) is 32.1 Å². The molecule has 2 heteroatoms. The molecule has 0 aromatic carbocycles. The molecule has 0 aliphatic heterocycles. The zero-order valence-corrected chi connectivity index (χ0v) is 9.03. The maximum atomic E-state index is 6.38. The van der Waals surface area contributed by atoms with E-state index in [1.807, 2.05) is 0 Å². The van der Waals surface area contributed by atoms with Gasteiger partial charge >= 0.3 is 71.8 Å². The van der Waals surface area contributed by atoms with Gasteiger partial charge in [-0.1, -0.05) is 0 Å². The van der Waals surface area contributed by atoms with Crippen LogP contribution in [-0.4, -0.2) is 33.2 Å². The first-order chi connectivity index (χ1) is 4.86. The summed E-state index contributed by atoms with van der Waals surface area (Å²) in [7, 11) is 6.38. The van der Waals surface area contributed by atoms with Crippen molar-refractivity contribution in [2.24, 2.45) is 0 Å². The second-order valence-corrected chi connectivity index (χ2v) is 12.1. The summed E-state index contributed by atoms with van der Waals surface area (Å²) >= 11 is 0. The zero-order valence-electron chi connectivity index (χ0n) is 8.14. The number of hydrogen-bond acceptors (Lipinski definition) is 0. The van der Waals surface area contributed by atoms with Crippen LogP contribution in [0, 0.1) is 0 Å². The molecule has 11 heavy (non-hydrogen) atoms. The van der Waals surface area contributed by atoms with Crippen LogP contribution < -0.4 is 0 Å². The molecule has 0 bridgehead atoms. The third kappa shape index (κ3) is 2.78. The van der Waals surface area contributed by atoms with E-state index < -0.39 is 6.48 Å². The van der Waals surface area contributed by atoms with Gasteiger partial charge in [-0.05, 0) is 0 Å². The molecule has 0 heterocycles. The van der Waals surface area contributed by atoms with Crippen molar-refractivity contribution in [3.8, 4) is 0 Å². The Hall–Kier alpha value is 0.495. The summed E-state index contributed by atoms with van der Waals surface area (Å²) in [5.74, 6) is 0. The molecule has 0 aromatic heterocycles. The first-order valence-corrected chi connectivity index (χ1v) is 8.39. The standard InChI is InChI=1S/C9H20BP/c1-11(2,3,10)9-7-5-4-6-8-9/h9H,4-8H2,1-3H3. The van der Waals surface area contributed by atoms with Crippen LogP contribution in [0.25, 0.3) is 0 Å². The van der Waals surface area contributed by atoms with E-state index in [2.05, 4.69) is 20.0 Å². The minimum atomic E-state index is -1.71. The van der Waals surface area contributed by atoms with Crippen molar-refractivity contribution in [3.63, 3.8) is 0 Å². The molecular formula is C9H20BP. The van der Waals surface area contributed by atoms with Crippen LogP contribution in [0.15, 0.2) is 0 Å². The maximum absolute atomic E-state index is 6.38. The molecule has 0 nitrogen and oxygen atoms in total. The van der Waals surface area contributed by atoms with Gasteiger partial charge < -0.3 is 0 Å². The van der Waals surface area contributed by atoms with Gasteiger partial charge in [-0.3, -0.25) is 0 Å². The van der Waals surface area contributed by atoms with Gasteiger partial charge in [0.25, 0.3) is 0 Å². The molecular weight excluding hydrogens is 150 g/mol. The Morgan fingerprint density at radius 3 is 1.73 bits per heavy atom. The van der Waals surface area contributed by atoms with Crippen molar-refractivity contribution in [1.82, 2.24) is 0 Å². The Morgan fingerprint density at radius 1 is 1.00 bits per heavy atom. The third-order valence-electron chi connectivity index (χ3n) is 2.88. The van der Waals surface area contributed by atoms with Gasteiger partial charge in [0.15, 0.2) is 0 Å². The SMILES string of the molecule is [B]P(C)(C)(C)C1CCCCC1. The number of hydrogen-bond donors (Lipinski definition) is 0. The molecule has 1 saturated carbocycles. The van der Waals surface area contributed by atoms with Crippen molar-refractivity contribution in [3.05, 3.63) is 0 Å². The summed E-state index contributed by atoms with van der Waals surface area (Å²) in [6, 6.07) is 0. The van der Waals surface area contributed by atoms with Gasteiger partial charge in [0.2, 0.25) is 0 Å². The molecule has 0 atom stereocenters. The summed E-state index contributed by atoms with van der Waals surface area (Å²) in [5, 5.41) is 0. The molecule has 1 fully saturated rings. The predicted octanol–water partition coefficient (Wildman–Crippen LogP) is 2.85. The summed E-state index contributed by atoms with van der Waals surface area (Å²) in [5.41, 5.74) is 0.856. The van der Waals surface area contributed by atoms with Crippen molar-refractivity contribution in [2.75, 3.05) is 20.0 Å². The predicted molar refractivity (Wildman–Crippen MR) is 57.3 cm³/mol. The van der Waals surface area contributed by atoms with Crippen LogP contribution in [0.2, 0.25) is 0 Å². The van der Waals surface area contributed by atoms with E-state index >= 15 is 0 Å². The molecule has 0 spiro atoms. The first-order valence-electron chi connectivity index (χ1n) is 4.67. The molecule has 0 saturated heterocycles. The van der Waals surface area contributed by atoms with E-state index in [4.69, 9.17) is 7.57 Å². The van der Waals surface area contributed by atoms with Crippen molar-refractivity contribution in [1.29, 1.82) is 0 Å². The minimum absolute atomic E-state index is 0.856. The van der Waals surface area contributed by atoms with Crippen LogP contribution in [0.5, 0.6) is 0 Å². The zero-order chi connectivity index (χ0) is 8.56. The van der Waals surface area contributed by atoms with Crippen LogP contribution in [0.3, 0.4) is 0 Å². The van der Waals surface area contributed by atoms with Crippen LogP contribution in [-0.2, 0) is 0 Å². The Labute approximate surface area is 72.4 Å². The number of rotatable bonds is 1. The molecule has 0 N–H and O–H groups in total. The molecule has 0 amide bonds. The molecule has 1 aliphatic rings. The molecule has 2 radical (unpaired) electrons. The average Bonchev–Trinajstić information content (AvgIpc) is 1.86. The van der Waals surface area contributed by atoms with E-state index in [-0.39, 0.29) is 0 Å². The van der Waals surface area contributed by atoms with Gasteiger partial charge in [-0.2, -0.15) is 0 Å². The fourth-order valence-corrected chi connectivity index (χ4v) is 4.22. The normalized spacial score (nSPS) is 25.9. The third-order valence-corrected chi connectivity index (χ3v) is 6.01. The first kappa shape index (κ1) is 9.58. The Balaban J connectivity index is 2.59. The summed E-state index contributed by atoms with van der Waals surface area (Å²) in [4.78, 5) is 0. The van der Waals surface area contributed by atoms with Crippen LogP contribution >= 0.6 is 6.48 Å². The topological polar surface area (TPSA) is 0 Å². The van der Waals surface area contributed by atoms with Crippen molar-refractivity contribution < 1.29 is 0 Å². The van der Waals surface area contributed by atoms with Gasteiger partial charge in [-0.15, -0.1) is 0 Å². The van der Waals surface area contributed by atoms with Crippen LogP contribution in [0.1, 0.15) is 32.1 Å². The second-order valence-electron chi connectivity index (χ2n) is 5.33. The molecule has 1 aliphatic carbocycles. The summed E-state index contributed by atoms with van der Waals surface area (Å²) < 4.78 is 0. The molecule has 64 valence electrons. The Kier molecular flexibility index (Phi) is 2.41. The van der Waals surface area contributed by atoms with Gasteiger partial charge in [-0.25, -0.2) is 0 Å². The van der Waals surface area contributed by atoms with E-state index in [1.54, 1.807) is 0 Å². The fraction of sp³-hybridized carbons (Fsp3) is 1.00.